The fraction of sp³-hybridized carbons (Fsp3) is 0.471. The number of carboxylic acids is 1. The number of hydrogen-bond donors (Lipinski definition) is 1. The molecule has 1 saturated heterocycles. The average molecular weight is 331 g/mol. The van der Waals surface area contributed by atoms with Gasteiger partial charge in [-0.2, -0.15) is 5.10 Å². The summed E-state index contributed by atoms with van der Waals surface area (Å²) in [5.74, 6) is -1.23. The summed E-state index contributed by atoms with van der Waals surface area (Å²) in [6.07, 6.45) is 2.11. The van der Waals surface area contributed by atoms with Crippen LogP contribution >= 0.6 is 0 Å². The summed E-state index contributed by atoms with van der Waals surface area (Å²) in [4.78, 5) is 25.7. The van der Waals surface area contributed by atoms with Crippen molar-refractivity contribution in [3.63, 3.8) is 0 Å². The Morgan fingerprint density at radius 2 is 2.12 bits per heavy atom. The highest BCUT2D eigenvalue weighted by atomic mass is 16.5. The first kappa shape index (κ1) is 16.4. The topological polar surface area (TPSA) is 82.4 Å². The molecule has 1 fully saturated rings. The van der Waals surface area contributed by atoms with Gasteiger partial charge >= 0.3 is 5.97 Å². The molecule has 1 N–H and O–H groups in total. The molecule has 2 aliphatic rings. The van der Waals surface area contributed by atoms with Crippen LogP contribution in [0.5, 0.6) is 0 Å². The summed E-state index contributed by atoms with van der Waals surface area (Å²) in [7, 11) is 1.70. The summed E-state index contributed by atoms with van der Waals surface area (Å²) >= 11 is 0. The summed E-state index contributed by atoms with van der Waals surface area (Å²) in [6, 6.07) is 8.18. The number of hydrazone groups is 1. The highest BCUT2D eigenvalue weighted by molar-refractivity contribution is 6.40. The number of carbonyl (C=O) groups excluding carboxylic acids is 1. The molecule has 1 aromatic rings. The van der Waals surface area contributed by atoms with Crippen LogP contribution < -0.4 is 5.01 Å². The molecule has 2 atom stereocenters. The van der Waals surface area contributed by atoms with E-state index in [1.807, 2.05) is 18.2 Å². The lowest BCUT2D eigenvalue weighted by Gasteiger charge is -2.20. The molecule has 0 spiro atoms. The highest BCUT2D eigenvalue weighted by Crippen LogP contribution is 2.25. The number of carboxylic acid groups (broad SMARTS) is 1. The van der Waals surface area contributed by atoms with Crippen LogP contribution in [0, 0.1) is 0 Å². The first-order chi connectivity index (χ1) is 11.6. The number of para-hydroxylation sites is 1. The Bertz CT molecular complexity index is 640. The maximum atomic E-state index is 12.6. The Hall–Kier alpha value is -2.41. The number of aliphatic carboxylic acids is 1. The van der Waals surface area contributed by atoms with Gasteiger partial charge in [0.15, 0.2) is 6.04 Å². The van der Waals surface area contributed by atoms with Crippen molar-refractivity contribution in [3.05, 3.63) is 30.3 Å². The van der Waals surface area contributed by atoms with E-state index in [1.165, 1.54) is 5.01 Å². The second kappa shape index (κ2) is 7.00. The number of hydrogen-bond acceptors (Lipinski definition) is 5. The fourth-order valence-electron chi connectivity index (χ4n) is 3.05. The molecule has 0 bridgehead atoms. The summed E-state index contributed by atoms with van der Waals surface area (Å²) in [5, 5.41) is 15.2. The third-order valence-corrected chi connectivity index (χ3v) is 4.31. The van der Waals surface area contributed by atoms with Gasteiger partial charge in [0.1, 0.15) is 5.71 Å². The maximum Gasteiger partial charge on any atom is 0.328 e. The van der Waals surface area contributed by atoms with E-state index >= 15 is 0 Å². The van der Waals surface area contributed by atoms with Crippen molar-refractivity contribution in [2.75, 3.05) is 25.2 Å². The summed E-state index contributed by atoms with van der Waals surface area (Å²) < 4.78 is 5.55. The minimum Gasteiger partial charge on any atom is -0.480 e. The van der Waals surface area contributed by atoms with E-state index in [0.29, 0.717) is 12.2 Å². The van der Waals surface area contributed by atoms with E-state index < -0.39 is 12.0 Å². The molecular weight excluding hydrogens is 310 g/mol. The van der Waals surface area contributed by atoms with Crippen molar-refractivity contribution in [1.82, 2.24) is 4.90 Å². The number of amides is 1. The van der Waals surface area contributed by atoms with Crippen molar-refractivity contribution in [3.8, 4) is 0 Å². The predicted molar refractivity (Wildman–Crippen MR) is 89.0 cm³/mol. The predicted octanol–water partition coefficient (Wildman–Crippen LogP) is 1.34. The number of benzene rings is 1. The third-order valence-electron chi connectivity index (χ3n) is 4.31. The molecule has 2 aliphatic heterocycles. The van der Waals surface area contributed by atoms with Crippen LogP contribution in [0.4, 0.5) is 5.69 Å². The first-order valence-electron chi connectivity index (χ1n) is 8.08. The van der Waals surface area contributed by atoms with Crippen molar-refractivity contribution in [2.24, 2.45) is 5.10 Å². The van der Waals surface area contributed by atoms with Crippen molar-refractivity contribution in [1.29, 1.82) is 0 Å². The molecular formula is C17H21N3O4. The Labute approximate surface area is 140 Å². The number of likely N-dealkylation sites (N-methyl/N-ethyl adjacent to an activating group) is 1. The van der Waals surface area contributed by atoms with Gasteiger partial charge in [-0.05, 0) is 25.0 Å². The largest absolute Gasteiger partial charge is 0.480 e. The van der Waals surface area contributed by atoms with Crippen molar-refractivity contribution in [2.45, 2.75) is 31.4 Å². The molecule has 1 aromatic carbocycles. The molecule has 0 aromatic heterocycles. The standard InChI is InChI=1S/C17H21N3O4/c1-19(11-13-8-5-9-24-13)16(21)14-10-15(17(22)23)20(18-14)12-6-3-2-4-7-12/h2-4,6-7,13,15H,5,8-11H2,1H3,(H,22,23)/t13-,15?/m0/s1. The average Bonchev–Trinajstić information content (AvgIpc) is 3.24. The first-order valence-corrected chi connectivity index (χ1v) is 8.08. The molecule has 7 heteroatoms. The Balaban J connectivity index is 1.74. The molecule has 3 rings (SSSR count). The zero-order valence-electron chi connectivity index (χ0n) is 13.6. The molecule has 1 unspecified atom stereocenters. The van der Waals surface area contributed by atoms with Gasteiger partial charge in [-0.3, -0.25) is 9.80 Å². The second-order valence-electron chi connectivity index (χ2n) is 6.11. The Morgan fingerprint density at radius 1 is 1.38 bits per heavy atom. The van der Waals surface area contributed by atoms with Gasteiger partial charge in [-0.25, -0.2) is 4.79 Å². The number of rotatable bonds is 5. The zero-order valence-corrected chi connectivity index (χ0v) is 13.6. The van der Waals surface area contributed by atoms with E-state index in [1.54, 1.807) is 24.1 Å². The van der Waals surface area contributed by atoms with E-state index in [2.05, 4.69) is 5.10 Å². The van der Waals surface area contributed by atoms with Crippen LogP contribution in [-0.4, -0.2) is 59.9 Å². The molecule has 128 valence electrons. The summed E-state index contributed by atoms with van der Waals surface area (Å²) in [5.41, 5.74) is 0.932. The zero-order chi connectivity index (χ0) is 17.1. The van der Waals surface area contributed by atoms with Crippen LogP contribution in [0.2, 0.25) is 0 Å². The highest BCUT2D eigenvalue weighted by Gasteiger charge is 2.37. The minimum atomic E-state index is -0.993. The van der Waals surface area contributed by atoms with Gasteiger partial charge < -0.3 is 14.7 Å². The Kier molecular flexibility index (Phi) is 4.80. The summed E-state index contributed by atoms with van der Waals surface area (Å²) in [6.45, 7) is 1.23. The van der Waals surface area contributed by atoms with E-state index in [-0.39, 0.29) is 24.1 Å². The lowest BCUT2D eigenvalue weighted by molar-refractivity contribution is -0.138. The number of anilines is 1. The van der Waals surface area contributed by atoms with E-state index in [4.69, 9.17) is 4.74 Å². The van der Waals surface area contributed by atoms with E-state index in [0.717, 1.165) is 19.4 Å². The normalized spacial score (nSPS) is 23.2. The second-order valence-corrected chi connectivity index (χ2v) is 6.11. The van der Waals surface area contributed by atoms with E-state index in [9.17, 15) is 14.7 Å². The molecule has 7 nitrogen and oxygen atoms in total. The maximum absolute atomic E-state index is 12.6. The minimum absolute atomic E-state index is 0.0569. The van der Waals surface area contributed by atoms with Gasteiger partial charge in [-0.1, -0.05) is 18.2 Å². The SMILES string of the molecule is CN(C[C@@H]1CCCO1)C(=O)C1=NN(c2ccccc2)C(C(=O)O)C1. The van der Waals surface area contributed by atoms with Crippen LogP contribution in [-0.2, 0) is 14.3 Å². The van der Waals surface area contributed by atoms with Crippen LogP contribution in [0.3, 0.4) is 0 Å². The van der Waals surface area contributed by atoms with Crippen molar-refractivity contribution < 1.29 is 19.4 Å². The van der Waals surface area contributed by atoms with Gasteiger partial charge in [0, 0.05) is 26.6 Å². The van der Waals surface area contributed by atoms with Gasteiger partial charge in [-0.15, -0.1) is 0 Å². The van der Waals surface area contributed by atoms with Crippen LogP contribution in [0.25, 0.3) is 0 Å². The molecule has 2 heterocycles. The number of carbonyl (C=O) groups is 2. The monoisotopic (exact) mass is 331 g/mol. The fourth-order valence-corrected chi connectivity index (χ4v) is 3.05. The molecule has 0 saturated carbocycles. The molecule has 0 aliphatic carbocycles. The van der Waals surface area contributed by atoms with Gasteiger partial charge in [0.2, 0.25) is 0 Å². The lowest BCUT2D eigenvalue weighted by Crippen LogP contribution is -2.39. The van der Waals surface area contributed by atoms with Gasteiger partial charge in [0.05, 0.1) is 11.8 Å². The van der Waals surface area contributed by atoms with Crippen LogP contribution in [0.15, 0.2) is 35.4 Å². The Morgan fingerprint density at radius 3 is 2.75 bits per heavy atom. The quantitative estimate of drug-likeness (QED) is 0.880. The molecule has 1 amide bonds. The van der Waals surface area contributed by atoms with Crippen molar-refractivity contribution >= 4 is 23.3 Å². The smallest absolute Gasteiger partial charge is 0.328 e. The number of nitrogens with zero attached hydrogens (tertiary/aromatic N) is 3. The molecule has 24 heavy (non-hydrogen) atoms. The van der Waals surface area contributed by atoms with Crippen LogP contribution in [0.1, 0.15) is 19.3 Å². The van der Waals surface area contributed by atoms with Gasteiger partial charge in [0.25, 0.3) is 5.91 Å². The lowest BCUT2D eigenvalue weighted by atomic mass is 10.1. The molecule has 0 radical (unpaired) electrons. The third kappa shape index (κ3) is 3.41. The number of ether oxygens (including phenoxy) is 1.